The van der Waals surface area contributed by atoms with Crippen molar-refractivity contribution in [3.63, 3.8) is 0 Å². The SMILES string of the molecule is CCOC(=O)c1ccc(Nc2cccc(/C=C/c3ccccn3)c2)nc1. The van der Waals surface area contributed by atoms with E-state index < -0.39 is 0 Å². The van der Waals surface area contributed by atoms with Crippen LogP contribution in [0.25, 0.3) is 12.2 Å². The maximum atomic E-state index is 11.7. The number of nitrogens with zero attached hydrogens (tertiary/aromatic N) is 2. The third kappa shape index (κ3) is 4.77. The van der Waals surface area contributed by atoms with Crippen LogP contribution in [0.4, 0.5) is 11.5 Å². The van der Waals surface area contributed by atoms with Crippen LogP contribution in [0.15, 0.2) is 67.0 Å². The van der Waals surface area contributed by atoms with Gasteiger partial charge >= 0.3 is 5.97 Å². The molecule has 0 spiro atoms. The fraction of sp³-hybridized carbons (Fsp3) is 0.0952. The summed E-state index contributed by atoms with van der Waals surface area (Å²) in [6.45, 7) is 2.12. The number of nitrogens with one attached hydrogen (secondary N) is 1. The van der Waals surface area contributed by atoms with E-state index in [1.165, 1.54) is 6.20 Å². The van der Waals surface area contributed by atoms with Crippen molar-refractivity contribution in [1.82, 2.24) is 9.97 Å². The molecule has 2 aromatic heterocycles. The van der Waals surface area contributed by atoms with Crippen LogP contribution < -0.4 is 5.32 Å². The van der Waals surface area contributed by atoms with Crippen LogP contribution in [0.5, 0.6) is 0 Å². The number of aromatic nitrogens is 2. The monoisotopic (exact) mass is 345 g/mol. The fourth-order valence-electron chi connectivity index (χ4n) is 2.33. The lowest BCUT2D eigenvalue weighted by molar-refractivity contribution is 0.0526. The molecule has 0 saturated heterocycles. The van der Waals surface area contributed by atoms with Crippen molar-refractivity contribution in [2.75, 3.05) is 11.9 Å². The normalized spacial score (nSPS) is 10.7. The third-order valence-corrected chi connectivity index (χ3v) is 3.57. The second kappa shape index (κ2) is 8.58. The van der Waals surface area contributed by atoms with E-state index in [9.17, 15) is 4.79 Å². The summed E-state index contributed by atoms with van der Waals surface area (Å²) < 4.78 is 4.95. The van der Waals surface area contributed by atoms with E-state index in [0.717, 1.165) is 16.9 Å². The van der Waals surface area contributed by atoms with Crippen molar-refractivity contribution in [1.29, 1.82) is 0 Å². The molecule has 0 unspecified atom stereocenters. The van der Waals surface area contributed by atoms with Crippen molar-refractivity contribution < 1.29 is 9.53 Å². The van der Waals surface area contributed by atoms with E-state index in [0.29, 0.717) is 18.0 Å². The highest BCUT2D eigenvalue weighted by Crippen LogP contribution is 2.18. The number of carbonyl (C=O) groups is 1. The molecule has 5 nitrogen and oxygen atoms in total. The number of benzene rings is 1. The van der Waals surface area contributed by atoms with Gasteiger partial charge in [0.25, 0.3) is 0 Å². The number of rotatable bonds is 6. The standard InChI is InChI=1S/C21H19N3O2/c1-2-26-21(25)17-10-12-20(23-15-17)24-19-8-5-6-16(14-19)9-11-18-7-3-4-13-22-18/h3-15H,2H2,1H3,(H,23,24)/b11-9+. The summed E-state index contributed by atoms with van der Waals surface area (Å²) >= 11 is 0. The second-order valence-corrected chi connectivity index (χ2v) is 5.49. The molecule has 1 N–H and O–H groups in total. The van der Waals surface area contributed by atoms with Crippen LogP contribution in [-0.4, -0.2) is 22.5 Å². The first-order chi connectivity index (χ1) is 12.7. The van der Waals surface area contributed by atoms with Gasteiger partial charge < -0.3 is 10.1 Å². The zero-order valence-electron chi connectivity index (χ0n) is 14.4. The predicted octanol–water partition coefficient (Wildman–Crippen LogP) is 4.57. The van der Waals surface area contributed by atoms with Gasteiger partial charge in [-0.3, -0.25) is 4.98 Å². The molecule has 0 amide bonds. The zero-order valence-corrected chi connectivity index (χ0v) is 14.4. The number of hydrogen-bond acceptors (Lipinski definition) is 5. The van der Waals surface area contributed by atoms with Gasteiger partial charge in [-0.2, -0.15) is 0 Å². The lowest BCUT2D eigenvalue weighted by atomic mass is 10.1. The van der Waals surface area contributed by atoms with Gasteiger partial charge in [0.05, 0.1) is 17.9 Å². The Morgan fingerprint density at radius 1 is 1.08 bits per heavy atom. The lowest BCUT2D eigenvalue weighted by Crippen LogP contribution is -2.05. The largest absolute Gasteiger partial charge is 0.462 e. The molecule has 130 valence electrons. The summed E-state index contributed by atoms with van der Waals surface area (Å²) in [7, 11) is 0. The van der Waals surface area contributed by atoms with E-state index in [1.807, 2.05) is 54.6 Å². The van der Waals surface area contributed by atoms with Crippen molar-refractivity contribution in [2.45, 2.75) is 6.92 Å². The Labute approximate surface area is 152 Å². The average Bonchev–Trinajstić information content (AvgIpc) is 2.68. The van der Waals surface area contributed by atoms with E-state index in [2.05, 4.69) is 15.3 Å². The van der Waals surface area contributed by atoms with Crippen LogP contribution in [0.2, 0.25) is 0 Å². The minimum atomic E-state index is -0.367. The van der Waals surface area contributed by atoms with Crippen LogP contribution in [0, 0.1) is 0 Å². The molecule has 0 bridgehead atoms. The molecule has 0 atom stereocenters. The molecule has 3 aromatic rings. The minimum Gasteiger partial charge on any atom is -0.462 e. The van der Waals surface area contributed by atoms with Gasteiger partial charge in [0.2, 0.25) is 0 Å². The molecule has 0 radical (unpaired) electrons. The van der Waals surface area contributed by atoms with Gasteiger partial charge in [0.1, 0.15) is 5.82 Å². The van der Waals surface area contributed by atoms with Gasteiger partial charge in [-0.15, -0.1) is 0 Å². The van der Waals surface area contributed by atoms with Gasteiger partial charge in [-0.1, -0.05) is 24.3 Å². The summed E-state index contributed by atoms with van der Waals surface area (Å²) in [4.78, 5) is 20.2. The van der Waals surface area contributed by atoms with Gasteiger partial charge in [0, 0.05) is 18.1 Å². The highest BCUT2D eigenvalue weighted by Gasteiger charge is 2.06. The Kier molecular flexibility index (Phi) is 5.72. The molecule has 0 aliphatic carbocycles. The van der Waals surface area contributed by atoms with Crippen LogP contribution in [-0.2, 0) is 4.74 Å². The van der Waals surface area contributed by atoms with E-state index >= 15 is 0 Å². The van der Waals surface area contributed by atoms with Gasteiger partial charge in [0.15, 0.2) is 0 Å². The van der Waals surface area contributed by atoms with Crippen molar-refractivity contribution in [2.24, 2.45) is 0 Å². The topological polar surface area (TPSA) is 64.1 Å². The highest BCUT2D eigenvalue weighted by atomic mass is 16.5. The molecular formula is C21H19N3O2. The van der Waals surface area contributed by atoms with Crippen molar-refractivity contribution in [3.05, 3.63) is 83.8 Å². The Balaban J connectivity index is 1.69. The number of anilines is 2. The van der Waals surface area contributed by atoms with Crippen LogP contribution in [0.1, 0.15) is 28.5 Å². The first kappa shape index (κ1) is 17.4. The zero-order chi connectivity index (χ0) is 18.2. The molecule has 5 heteroatoms. The Morgan fingerprint density at radius 2 is 2.00 bits per heavy atom. The van der Waals surface area contributed by atoms with E-state index in [-0.39, 0.29) is 5.97 Å². The summed E-state index contributed by atoms with van der Waals surface area (Å²) in [5.41, 5.74) is 3.29. The molecular weight excluding hydrogens is 326 g/mol. The summed E-state index contributed by atoms with van der Waals surface area (Å²) in [5.74, 6) is 0.289. The van der Waals surface area contributed by atoms with Crippen molar-refractivity contribution >= 4 is 29.6 Å². The summed E-state index contributed by atoms with van der Waals surface area (Å²) in [6, 6.07) is 17.2. The first-order valence-electron chi connectivity index (χ1n) is 8.34. The Morgan fingerprint density at radius 3 is 2.73 bits per heavy atom. The number of ether oxygens (including phenoxy) is 1. The first-order valence-corrected chi connectivity index (χ1v) is 8.34. The van der Waals surface area contributed by atoms with Crippen LogP contribution in [0.3, 0.4) is 0 Å². The highest BCUT2D eigenvalue weighted by molar-refractivity contribution is 5.89. The van der Waals surface area contributed by atoms with E-state index in [4.69, 9.17) is 4.74 Å². The molecule has 0 aliphatic rings. The summed E-state index contributed by atoms with van der Waals surface area (Å²) in [6.07, 6.45) is 7.24. The Hall–Kier alpha value is -3.47. The fourth-order valence-corrected chi connectivity index (χ4v) is 2.33. The average molecular weight is 345 g/mol. The second-order valence-electron chi connectivity index (χ2n) is 5.49. The Bertz CT molecular complexity index is 891. The number of pyridine rings is 2. The smallest absolute Gasteiger partial charge is 0.339 e. The third-order valence-electron chi connectivity index (χ3n) is 3.57. The molecule has 0 aliphatic heterocycles. The van der Waals surface area contributed by atoms with Crippen LogP contribution >= 0.6 is 0 Å². The number of esters is 1. The predicted molar refractivity (Wildman–Crippen MR) is 103 cm³/mol. The molecule has 1 aromatic carbocycles. The maximum Gasteiger partial charge on any atom is 0.339 e. The molecule has 26 heavy (non-hydrogen) atoms. The minimum absolute atomic E-state index is 0.345. The van der Waals surface area contributed by atoms with Gasteiger partial charge in [-0.25, -0.2) is 9.78 Å². The molecule has 2 heterocycles. The van der Waals surface area contributed by atoms with E-state index in [1.54, 1.807) is 25.3 Å². The quantitative estimate of drug-likeness (QED) is 0.663. The number of carbonyl (C=O) groups excluding carboxylic acids is 1. The molecule has 0 saturated carbocycles. The lowest BCUT2D eigenvalue weighted by Gasteiger charge is -2.07. The maximum absolute atomic E-state index is 11.7. The van der Waals surface area contributed by atoms with Crippen molar-refractivity contribution in [3.8, 4) is 0 Å². The number of hydrogen-bond donors (Lipinski definition) is 1. The van der Waals surface area contributed by atoms with Gasteiger partial charge in [-0.05, 0) is 55.0 Å². The molecule has 3 rings (SSSR count). The summed E-state index contributed by atoms with van der Waals surface area (Å²) in [5, 5.41) is 3.23. The molecule has 0 fully saturated rings.